The van der Waals surface area contributed by atoms with E-state index in [-0.39, 0.29) is 5.60 Å². The van der Waals surface area contributed by atoms with Crippen molar-refractivity contribution in [3.63, 3.8) is 0 Å². The summed E-state index contributed by atoms with van der Waals surface area (Å²) in [5, 5.41) is 3.65. The number of ether oxygens (including phenoxy) is 1. The Hall–Kier alpha value is -0.0800. The zero-order valence-corrected chi connectivity index (χ0v) is 11.2. The lowest BCUT2D eigenvalue weighted by Gasteiger charge is -2.43. The van der Waals surface area contributed by atoms with E-state index in [4.69, 9.17) is 4.74 Å². The average Bonchev–Trinajstić information content (AvgIpc) is 2.78. The summed E-state index contributed by atoms with van der Waals surface area (Å²) in [5.74, 6) is 1.78. The van der Waals surface area contributed by atoms with Gasteiger partial charge in [-0.25, -0.2) is 0 Å². The van der Waals surface area contributed by atoms with Crippen LogP contribution < -0.4 is 5.32 Å². The summed E-state index contributed by atoms with van der Waals surface area (Å²) in [6.07, 6.45) is 11.4. The smallest absolute Gasteiger partial charge is 0.0810 e. The Balaban J connectivity index is 1.60. The Morgan fingerprint density at radius 2 is 1.76 bits per heavy atom. The molecule has 3 aliphatic rings. The first-order valence-corrected chi connectivity index (χ1v) is 7.66. The third-order valence-corrected chi connectivity index (χ3v) is 5.30. The molecule has 1 saturated heterocycles. The highest BCUT2D eigenvalue weighted by Crippen LogP contribution is 2.39. The van der Waals surface area contributed by atoms with Crippen LogP contribution in [0.1, 0.15) is 58.3 Å². The van der Waals surface area contributed by atoms with E-state index >= 15 is 0 Å². The lowest BCUT2D eigenvalue weighted by atomic mass is 9.79. The van der Waals surface area contributed by atoms with Crippen LogP contribution in [0.15, 0.2) is 0 Å². The van der Waals surface area contributed by atoms with Crippen molar-refractivity contribution in [2.45, 2.75) is 70.0 Å². The quantitative estimate of drug-likeness (QED) is 0.756. The maximum Gasteiger partial charge on any atom is 0.0810 e. The first-order chi connectivity index (χ1) is 8.27. The minimum atomic E-state index is 0.228. The van der Waals surface area contributed by atoms with Gasteiger partial charge < -0.3 is 10.1 Å². The number of hydrogen-bond acceptors (Lipinski definition) is 2. The normalized spacial score (nSPS) is 41.8. The predicted octanol–water partition coefficient (Wildman–Crippen LogP) is 3.11. The van der Waals surface area contributed by atoms with Gasteiger partial charge in [0.2, 0.25) is 0 Å². The van der Waals surface area contributed by atoms with E-state index in [9.17, 15) is 0 Å². The van der Waals surface area contributed by atoms with Crippen LogP contribution in [0.5, 0.6) is 0 Å². The van der Waals surface area contributed by atoms with Crippen LogP contribution in [0.25, 0.3) is 0 Å². The largest absolute Gasteiger partial charge is 0.369 e. The Morgan fingerprint density at radius 3 is 2.47 bits per heavy atom. The summed E-state index contributed by atoms with van der Waals surface area (Å²) in [7, 11) is 0. The summed E-state index contributed by atoms with van der Waals surface area (Å²) in [6.45, 7) is 4.60. The van der Waals surface area contributed by atoms with Crippen molar-refractivity contribution in [2.75, 3.05) is 13.1 Å². The van der Waals surface area contributed by atoms with E-state index in [1.54, 1.807) is 0 Å². The van der Waals surface area contributed by atoms with Crippen LogP contribution in [0.3, 0.4) is 0 Å². The summed E-state index contributed by atoms with van der Waals surface area (Å²) in [6, 6.07) is 0. The standard InChI is InChI=1S/C15H27NO/c1-12-4-6-13(7-5-12)14-10-16-11-15(17-14)8-2-3-9-15/h12-14,16H,2-11H2,1H3. The molecule has 0 aromatic rings. The molecule has 2 aliphatic carbocycles. The van der Waals surface area contributed by atoms with Crippen molar-refractivity contribution in [1.82, 2.24) is 5.32 Å². The first kappa shape index (κ1) is 12.0. The van der Waals surface area contributed by atoms with E-state index in [0.29, 0.717) is 6.10 Å². The molecule has 0 aromatic carbocycles. The molecule has 3 fully saturated rings. The molecule has 1 aliphatic heterocycles. The zero-order chi connectivity index (χ0) is 11.7. The molecule has 1 unspecified atom stereocenters. The van der Waals surface area contributed by atoms with Crippen LogP contribution in [0.2, 0.25) is 0 Å². The van der Waals surface area contributed by atoms with Gasteiger partial charge >= 0.3 is 0 Å². The van der Waals surface area contributed by atoms with Crippen molar-refractivity contribution >= 4 is 0 Å². The molecular formula is C15H27NO. The topological polar surface area (TPSA) is 21.3 Å². The SMILES string of the molecule is CC1CCC(C2CNCC3(CCCC3)O2)CC1. The first-order valence-electron chi connectivity index (χ1n) is 7.66. The van der Waals surface area contributed by atoms with Gasteiger partial charge in [-0.15, -0.1) is 0 Å². The molecule has 17 heavy (non-hydrogen) atoms. The van der Waals surface area contributed by atoms with Crippen molar-refractivity contribution in [3.05, 3.63) is 0 Å². The Morgan fingerprint density at radius 1 is 1.06 bits per heavy atom. The highest BCUT2D eigenvalue weighted by atomic mass is 16.5. The van der Waals surface area contributed by atoms with Gasteiger partial charge in [0.15, 0.2) is 0 Å². The Bertz CT molecular complexity index is 252. The molecule has 1 spiro atoms. The molecule has 1 N–H and O–H groups in total. The van der Waals surface area contributed by atoms with Crippen LogP contribution in [0.4, 0.5) is 0 Å². The predicted molar refractivity (Wildman–Crippen MR) is 70.1 cm³/mol. The molecule has 0 aromatic heterocycles. The monoisotopic (exact) mass is 237 g/mol. The molecule has 0 radical (unpaired) electrons. The average molecular weight is 237 g/mol. The number of hydrogen-bond donors (Lipinski definition) is 1. The van der Waals surface area contributed by atoms with Crippen LogP contribution in [0, 0.1) is 11.8 Å². The molecule has 0 bridgehead atoms. The molecule has 2 heteroatoms. The molecule has 1 atom stereocenters. The third-order valence-electron chi connectivity index (χ3n) is 5.30. The van der Waals surface area contributed by atoms with Crippen LogP contribution in [-0.2, 0) is 4.74 Å². The van der Waals surface area contributed by atoms with Gasteiger partial charge in [-0.1, -0.05) is 32.6 Å². The van der Waals surface area contributed by atoms with Gasteiger partial charge in [-0.05, 0) is 37.5 Å². The lowest BCUT2D eigenvalue weighted by Crippen LogP contribution is -2.54. The second kappa shape index (κ2) is 4.89. The summed E-state index contributed by atoms with van der Waals surface area (Å²) >= 11 is 0. The van der Waals surface area contributed by atoms with Gasteiger partial charge in [-0.3, -0.25) is 0 Å². The molecule has 2 saturated carbocycles. The minimum Gasteiger partial charge on any atom is -0.369 e. The highest BCUT2D eigenvalue weighted by Gasteiger charge is 2.42. The van der Waals surface area contributed by atoms with Crippen LogP contribution >= 0.6 is 0 Å². The van der Waals surface area contributed by atoms with E-state index in [1.165, 1.54) is 51.4 Å². The van der Waals surface area contributed by atoms with Gasteiger partial charge in [0.1, 0.15) is 0 Å². The van der Waals surface area contributed by atoms with Crippen molar-refractivity contribution < 1.29 is 4.74 Å². The maximum atomic E-state index is 6.55. The van der Waals surface area contributed by atoms with E-state index in [1.807, 2.05) is 0 Å². The van der Waals surface area contributed by atoms with Gasteiger partial charge in [-0.2, -0.15) is 0 Å². The molecule has 1 heterocycles. The van der Waals surface area contributed by atoms with E-state index in [0.717, 1.165) is 24.9 Å². The van der Waals surface area contributed by atoms with Gasteiger partial charge in [0.25, 0.3) is 0 Å². The fourth-order valence-electron chi connectivity index (χ4n) is 4.08. The van der Waals surface area contributed by atoms with Crippen molar-refractivity contribution in [3.8, 4) is 0 Å². The third kappa shape index (κ3) is 2.53. The summed E-state index contributed by atoms with van der Waals surface area (Å²) in [4.78, 5) is 0. The van der Waals surface area contributed by atoms with E-state index < -0.39 is 0 Å². The van der Waals surface area contributed by atoms with E-state index in [2.05, 4.69) is 12.2 Å². The second-order valence-corrected chi connectivity index (χ2v) is 6.70. The summed E-state index contributed by atoms with van der Waals surface area (Å²) < 4.78 is 6.55. The van der Waals surface area contributed by atoms with Crippen molar-refractivity contribution in [2.24, 2.45) is 11.8 Å². The Labute approximate surface area is 105 Å². The molecule has 98 valence electrons. The van der Waals surface area contributed by atoms with Crippen LogP contribution in [-0.4, -0.2) is 24.8 Å². The molecule has 3 rings (SSSR count). The lowest BCUT2D eigenvalue weighted by molar-refractivity contribution is -0.137. The molecule has 0 amide bonds. The maximum absolute atomic E-state index is 6.55. The molecule has 2 nitrogen and oxygen atoms in total. The highest BCUT2D eigenvalue weighted by molar-refractivity contribution is 4.94. The van der Waals surface area contributed by atoms with Crippen molar-refractivity contribution in [1.29, 1.82) is 0 Å². The number of morpholine rings is 1. The summed E-state index contributed by atoms with van der Waals surface area (Å²) in [5.41, 5.74) is 0.228. The number of nitrogens with one attached hydrogen (secondary N) is 1. The fraction of sp³-hybridized carbons (Fsp3) is 1.00. The fourth-order valence-corrected chi connectivity index (χ4v) is 4.08. The Kier molecular flexibility index (Phi) is 3.45. The molecular weight excluding hydrogens is 210 g/mol. The van der Waals surface area contributed by atoms with Gasteiger partial charge in [0.05, 0.1) is 11.7 Å². The second-order valence-electron chi connectivity index (χ2n) is 6.70. The van der Waals surface area contributed by atoms with Gasteiger partial charge in [0, 0.05) is 13.1 Å². The minimum absolute atomic E-state index is 0.228. The zero-order valence-electron chi connectivity index (χ0n) is 11.2. The number of rotatable bonds is 1.